The first-order valence-electron chi connectivity index (χ1n) is 5.40. The first-order chi connectivity index (χ1) is 9.42. The van der Waals surface area contributed by atoms with Gasteiger partial charge < -0.3 is 4.74 Å². The van der Waals surface area contributed by atoms with Crippen LogP contribution in [0.2, 0.25) is 5.15 Å². The molecule has 1 aromatic heterocycles. The second-order valence-electron chi connectivity index (χ2n) is 3.77. The molecule has 0 fully saturated rings. The fraction of sp³-hybridized carbons (Fsp3) is 0.0833. The van der Waals surface area contributed by atoms with E-state index < -0.39 is 10.0 Å². The maximum Gasteiger partial charge on any atom is 0.262 e. The fourth-order valence-electron chi connectivity index (χ4n) is 1.49. The Hall–Kier alpha value is -1.31. The largest absolute Gasteiger partial charge is 0.495 e. The number of rotatable bonds is 4. The summed E-state index contributed by atoms with van der Waals surface area (Å²) < 4.78 is 32.7. The Morgan fingerprint density at radius 1 is 1.30 bits per heavy atom. The van der Waals surface area contributed by atoms with Crippen molar-refractivity contribution < 1.29 is 13.2 Å². The van der Waals surface area contributed by atoms with Gasteiger partial charge in [-0.1, -0.05) is 11.6 Å². The lowest BCUT2D eigenvalue weighted by molar-refractivity contribution is 0.412. The molecule has 106 valence electrons. The SMILES string of the molecule is COc1cc(NS(=O)(=O)c2ccnc(Cl)c2)ccc1Br. The number of pyridine rings is 1. The minimum Gasteiger partial charge on any atom is -0.495 e. The standard InChI is InChI=1S/C12H10BrClN2O3S/c1-19-11-6-8(2-3-10(11)13)16-20(17,18)9-4-5-15-12(14)7-9/h2-7,16H,1H3. The van der Waals surface area contributed by atoms with Crippen molar-refractivity contribution in [1.82, 2.24) is 4.98 Å². The maximum absolute atomic E-state index is 12.2. The molecule has 0 aliphatic heterocycles. The Bertz CT molecular complexity index is 737. The van der Waals surface area contributed by atoms with Crippen LogP contribution in [0.1, 0.15) is 0 Å². The van der Waals surface area contributed by atoms with E-state index in [9.17, 15) is 8.42 Å². The number of hydrogen-bond acceptors (Lipinski definition) is 4. The Balaban J connectivity index is 2.33. The van der Waals surface area contributed by atoms with E-state index >= 15 is 0 Å². The Labute approximate surface area is 130 Å². The molecule has 0 amide bonds. The van der Waals surface area contributed by atoms with Gasteiger partial charge in [0.1, 0.15) is 10.9 Å². The van der Waals surface area contributed by atoms with Crippen LogP contribution < -0.4 is 9.46 Å². The summed E-state index contributed by atoms with van der Waals surface area (Å²) in [5, 5.41) is 0.112. The van der Waals surface area contributed by atoms with E-state index in [-0.39, 0.29) is 10.0 Å². The number of anilines is 1. The summed E-state index contributed by atoms with van der Waals surface area (Å²) in [7, 11) is -2.22. The van der Waals surface area contributed by atoms with Crippen LogP contribution in [0.15, 0.2) is 45.9 Å². The summed E-state index contributed by atoms with van der Waals surface area (Å²) >= 11 is 8.99. The molecule has 0 saturated heterocycles. The van der Waals surface area contributed by atoms with Crippen molar-refractivity contribution in [1.29, 1.82) is 0 Å². The van der Waals surface area contributed by atoms with Gasteiger partial charge in [0.15, 0.2) is 0 Å². The molecule has 1 heterocycles. The number of hydrogen-bond donors (Lipinski definition) is 1. The van der Waals surface area contributed by atoms with Crippen molar-refractivity contribution >= 4 is 43.2 Å². The van der Waals surface area contributed by atoms with Crippen LogP contribution in [0.5, 0.6) is 5.75 Å². The van der Waals surface area contributed by atoms with Crippen molar-refractivity contribution in [3.63, 3.8) is 0 Å². The molecule has 0 aliphatic rings. The zero-order valence-electron chi connectivity index (χ0n) is 10.3. The normalized spacial score (nSPS) is 11.2. The molecule has 0 unspecified atom stereocenters. The first-order valence-corrected chi connectivity index (χ1v) is 8.06. The molecule has 0 aliphatic carbocycles. The number of nitrogens with zero attached hydrogens (tertiary/aromatic N) is 1. The van der Waals surface area contributed by atoms with Gasteiger partial charge in [0.05, 0.1) is 22.2 Å². The Morgan fingerprint density at radius 2 is 2.05 bits per heavy atom. The molecule has 2 rings (SSSR count). The predicted octanol–water partition coefficient (Wildman–Crippen LogP) is 3.31. The van der Waals surface area contributed by atoms with Gasteiger partial charge in [-0.05, 0) is 40.2 Å². The lowest BCUT2D eigenvalue weighted by Crippen LogP contribution is -2.13. The predicted molar refractivity (Wildman–Crippen MR) is 80.7 cm³/mol. The summed E-state index contributed by atoms with van der Waals surface area (Å²) in [6, 6.07) is 7.53. The van der Waals surface area contributed by atoms with E-state index in [1.165, 1.54) is 25.4 Å². The highest BCUT2D eigenvalue weighted by Gasteiger charge is 2.15. The zero-order valence-corrected chi connectivity index (χ0v) is 13.5. The smallest absolute Gasteiger partial charge is 0.262 e. The molecule has 0 spiro atoms. The Kier molecular flexibility index (Phi) is 4.52. The minimum atomic E-state index is -3.72. The van der Waals surface area contributed by atoms with Gasteiger partial charge in [-0.3, -0.25) is 4.72 Å². The molecule has 0 atom stereocenters. The van der Waals surface area contributed by atoms with E-state index in [2.05, 4.69) is 25.6 Å². The van der Waals surface area contributed by atoms with Crippen LogP contribution in [-0.4, -0.2) is 20.5 Å². The van der Waals surface area contributed by atoms with Crippen molar-refractivity contribution in [3.05, 3.63) is 46.2 Å². The molecular weight excluding hydrogens is 368 g/mol. The van der Waals surface area contributed by atoms with Crippen LogP contribution in [0.4, 0.5) is 5.69 Å². The molecule has 0 bridgehead atoms. The molecule has 8 heteroatoms. The summed E-state index contributed by atoms with van der Waals surface area (Å²) in [4.78, 5) is 3.79. The van der Waals surface area contributed by atoms with Gasteiger partial charge in [-0.25, -0.2) is 13.4 Å². The fourth-order valence-corrected chi connectivity index (χ4v) is 3.20. The van der Waals surface area contributed by atoms with Crippen LogP contribution in [0, 0.1) is 0 Å². The van der Waals surface area contributed by atoms with Crippen molar-refractivity contribution in [2.75, 3.05) is 11.8 Å². The second-order valence-corrected chi connectivity index (χ2v) is 6.69. The van der Waals surface area contributed by atoms with Crippen LogP contribution >= 0.6 is 27.5 Å². The third kappa shape index (κ3) is 3.41. The van der Waals surface area contributed by atoms with Crippen LogP contribution in [0.3, 0.4) is 0 Å². The van der Waals surface area contributed by atoms with E-state index in [4.69, 9.17) is 16.3 Å². The van der Waals surface area contributed by atoms with Gasteiger partial charge in [-0.15, -0.1) is 0 Å². The average Bonchev–Trinajstić information content (AvgIpc) is 2.40. The third-order valence-electron chi connectivity index (χ3n) is 2.41. The lowest BCUT2D eigenvalue weighted by Gasteiger charge is -2.10. The summed E-state index contributed by atoms with van der Waals surface area (Å²) in [6.07, 6.45) is 1.33. The molecular formula is C12H10BrClN2O3S. The van der Waals surface area contributed by atoms with Gasteiger partial charge in [-0.2, -0.15) is 0 Å². The van der Waals surface area contributed by atoms with Gasteiger partial charge in [0.25, 0.3) is 10.0 Å². The topological polar surface area (TPSA) is 68.3 Å². The zero-order chi connectivity index (χ0) is 14.8. The maximum atomic E-state index is 12.2. The highest BCUT2D eigenvalue weighted by Crippen LogP contribution is 2.29. The summed E-state index contributed by atoms with van der Waals surface area (Å²) in [6.45, 7) is 0. The highest BCUT2D eigenvalue weighted by molar-refractivity contribution is 9.10. The number of sulfonamides is 1. The third-order valence-corrected chi connectivity index (χ3v) is 4.65. The quantitative estimate of drug-likeness (QED) is 0.830. The van der Waals surface area contributed by atoms with E-state index in [0.29, 0.717) is 11.4 Å². The molecule has 0 saturated carbocycles. The van der Waals surface area contributed by atoms with Crippen LogP contribution in [-0.2, 0) is 10.0 Å². The first kappa shape index (κ1) is 15.1. The molecule has 1 aromatic carbocycles. The molecule has 20 heavy (non-hydrogen) atoms. The molecule has 2 aromatic rings. The molecule has 0 radical (unpaired) electrons. The number of aromatic nitrogens is 1. The highest BCUT2D eigenvalue weighted by atomic mass is 79.9. The van der Waals surface area contributed by atoms with E-state index in [1.54, 1.807) is 18.2 Å². The number of methoxy groups -OCH3 is 1. The summed E-state index contributed by atoms with van der Waals surface area (Å²) in [5.74, 6) is 0.526. The summed E-state index contributed by atoms with van der Waals surface area (Å²) in [5.41, 5.74) is 0.387. The Morgan fingerprint density at radius 3 is 2.70 bits per heavy atom. The molecule has 5 nitrogen and oxygen atoms in total. The van der Waals surface area contributed by atoms with Gasteiger partial charge >= 0.3 is 0 Å². The van der Waals surface area contributed by atoms with Crippen LogP contribution in [0.25, 0.3) is 0 Å². The second kappa shape index (κ2) is 5.99. The number of halogens is 2. The number of nitrogens with one attached hydrogen (secondary N) is 1. The average molecular weight is 378 g/mol. The van der Waals surface area contributed by atoms with Crippen molar-refractivity contribution in [2.45, 2.75) is 4.90 Å². The monoisotopic (exact) mass is 376 g/mol. The number of benzene rings is 1. The minimum absolute atomic E-state index is 0.0411. The van der Waals surface area contributed by atoms with E-state index in [0.717, 1.165) is 4.47 Å². The van der Waals surface area contributed by atoms with Crippen molar-refractivity contribution in [2.24, 2.45) is 0 Å². The molecule has 1 N–H and O–H groups in total. The van der Waals surface area contributed by atoms with E-state index in [1.807, 2.05) is 0 Å². The van der Waals surface area contributed by atoms with Gasteiger partial charge in [0, 0.05) is 12.3 Å². The van der Waals surface area contributed by atoms with Gasteiger partial charge in [0.2, 0.25) is 0 Å². The number of ether oxygens (including phenoxy) is 1. The van der Waals surface area contributed by atoms with Crippen molar-refractivity contribution in [3.8, 4) is 5.75 Å². The lowest BCUT2D eigenvalue weighted by atomic mass is 10.3.